The summed E-state index contributed by atoms with van der Waals surface area (Å²) >= 11 is 0. The van der Waals surface area contributed by atoms with Gasteiger partial charge in [0, 0.05) is 38.5 Å². The second kappa shape index (κ2) is 7.23. The largest absolute Gasteiger partial charge is 0.376 e. The predicted molar refractivity (Wildman–Crippen MR) is 87.7 cm³/mol. The molecule has 4 heteroatoms. The van der Waals surface area contributed by atoms with Gasteiger partial charge < -0.3 is 15.0 Å². The van der Waals surface area contributed by atoms with Crippen LogP contribution < -0.4 is 10.2 Å². The summed E-state index contributed by atoms with van der Waals surface area (Å²) < 4.78 is 5.79. The molecule has 0 aliphatic carbocycles. The number of nitrogens with one attached hydrogen (secondary N) is 1. The fourth-order valence-corrected chi connectivity index (χ4v) is 2.46. The normalized spacial score (nSPS) is 19.5. The first-order valence-corrected chi connectivity index (χ1v) is 7.97. The summed E-state index contributed by atoms with van der Waals surface area (Å²) in [7, 11) is 2.09. The number of likely N-dealkylation sites (N-methyl/N-ethyl adjacent to an activating group) is 1. The van der Waals surface area contributed by atoms with Crippen LogP contribution in [-0.2, 0) is 11.3 Å². The van der Waals surface area contributed by atoms with E-state index in [1.165, 1.54) is 18.4 Å². The Hall–Kier alpha value is -1.13. The first-order chi connectivity index (χ1) is 9.94. The third kappa shape index (κ3) is 5.64. The van der Waals surface area contributed by atoms with Gasteiger partial charge in [-0.25, -0.2) is 4.98 Å². The maximum atomic E-state index is 5.79. The van der Waals surface area contributed by atoms with E-state index < -0.39 is 0 Å². The molecule has 1 fully saturated rings. The molecule has 21 heavy (non-hydrogen) atoms. The van der Waals surface area contributed by atoms with Crippen molar-refractivity contribution in [3.05, 3.63) is 23.9 Å². The van der Waals surface area contributed by atoms with Gasteiger partial charge in [0.05, 0.1) is 6.10 Å². The molecule has 0 bridgehead atoms. The first kappa shape index (κ1) is 16.2. The molecule has 1 aromatic heterocycles. The van der Waals surface area contributed by atoms with E-state index in [0.717, 1.165) is 31.9 Å². The fourth-order valence-electron chi connectivity index (χ4n) is 2.46. The molecule has 2 rings (SSSR count). The van der Waals surface area contributed by atoms with Crippen molar-refractivity contribution in [3.8, 4) is 0 Å². The van der Waals surface area contributed by atoms with Crippen molar-refractivity contribution < 1.29 is 4.74 Å². The fraction of sp³-hybridized carbons (Fsp3) is 0.706. The van der Waals surface area contributed by atoms with Crippen molar-refractivity contribution in [2.45, 2.75) is 58.2 Å². The summed E-state index contributed by atoms with van der Waals surface area (Å²) in [6, 6.07) is 4.25. The molecule has 0 amide bonds. The van der Waals surface area contributed by atoms with E-state index in [1.54, 1.807) is 0 Å². The number of hydrogen-bond donors (Lipinski definition) is 1. The van der Waals surface area contributed by atoms with Crippen LogP contribution in [0.4, 0.5) is 5.82 Å². The minimum atomic E-state index is 0.133. The molecule has 1 aromatic rings. The van der Waals surface area contributed by atoms with Crippen LogP contribution in [0.3, 0.4) is 0 Å². The number of aromatic nitrogens is 1. The van der Waals surface area contributed by atoms with Gasteiger partial charge in [-0.2, -0.15) is 0 Å². The van der Waals surface area contributed by atoms with E-state index in [2.05, 4.69) is 55.2 Å². The summed E-state index contributed by atoms with van der Waals surface area (Å²) in [4.78, 5) is 6.77. The van der Waals surface area contributed by atoms with E-state index >= 15 is 0 Å². The third-order valence-corrected chi connectivity index (χ3v) is 3.77. The number of nitrogens with zero attached hydrogens (tertiary/aromatic N) is 2. The van der Waals surface area contributed by atoms with E-state index in [0.29, 0.717) is 6.10 Å². The summed E-state index contributed by atoms with van der Waals surface area (Å²) in [5, 5.41) is 3.48. The Morgan fingerprint density at radius 1 is 1.33 bits per heavy atom. The Morgan fingerprint density at radius 3 is 2.71 bits per heavy atom. The topological polar surface area (TPSA) is 37.4 Å². The van der Waals surface area contributed by atoms with Gasteiger partial charge in [-0.1, -0.05) is 6.07 Å². The summed E-state index contributed by atoms with van der Waals surface area (Å²) in [6.45, 7) is 9.20. The number of hydrogen-bond acceptors (Lipinski definition) is 4. The van der Waals surface area contributed by atoms with Crippen LogP contribution in [0.25, 0.3) is 0 Å². The maximum Gasteiger partial charge on any atom is 0.128 e. The molecule has 1 saturated heterocycles. The second-order valence-electron chi connectivity index (χ2n) is 7.00. The van der Waals surface area contributed by atoms with E-state index in [-0.39, 0.29) is 5.54 Å². The summed E-state index contributed by atoms with van der Waals surface area (Å²) in [6.07, 6.45) is 5.97. The molecule has 118 valence electrons. The first-order valence-electron chi connectivity index (χ1n) is 7.97. The molecular formula is C17H29N3O. The molecule has 0 radical (unpaired) electrons. The van der Waals surface area contributed by atoms with Crippen molar-refractivity contribution in [1.82, 2.24) is 10.3 Å². The average Bonchev–Trinajstić information content (AvgIpc) is 2.46. The van der Waals surface area contributed by atoms with Gasteiger partial charge in [-0.05, 0) is 51.7 Å². The minimum absolute atomic E-state index is 0.133. The molecule has 0 spiro atoms. The number of ether oxygens (including phenoxy) is 1. The van der Waals surface area contributed by atoms with Gasteiger partial charge in [-0.15, -0.1) is 0 Å². The highest BCUT2D eigenvalue weighted by Crippen LogP contribution is 2.17. The Bertz CT molecular complexity index is 419. The predicted octanol–water partition coefficient (Wildman–Crippen LogP) is 2.98. The second-order valence-corrected chi connectivity index (χ2v) is 7.00. The SMILES string of the molecule is CN(CC1CCCCO1)c1ccc(CNC(C)(C)C)cn1. The molecule has 1 aliphatic heterocycles. The lowest BCUT2D eigenvalue weighted by Crippen LogP contribution is -2.35. The van der Waals surface area contributed by atoms with E-state index in [4.69, 9.17) is 4.74 Å². The Morgan fingerprint density at radius 2 is 2.14 bits per heavy atom. The van der Waals surface area contributed by atoms with Gasteiger partial charge >= 0.3 is 0 Å². The lowest BCUT2D eigenvalue weighted by Gasteiger charge is -2.28. The van der Waals surface area contributed by atoms with Crippen molar-refractivity contribution in [2.75, 3.05) is 25.1 Å². The van der Waals surface area contributed by atoms with Crippen LogP contribution >= 0.6 is 0 Å². The van der Waals surface area contributed by atoms with Crippen molar-refractivity contribution in [2.24, 2.45) is 0 Å². The quantitative estimate of drug-likeness (QED) is 0.905. The number of pyridine rings is 1. The highest BCUT2D eigenvalue weighted by atomic mass is 16.5. The third-order valence-electron chi connectivity index (χ3n) is 3.77. The van der Waals surface area contributed by atoms with Crippen LogP contribution in [0.2, 0.25) is 0 Å². The molecular weight excluding hydrogens is 262 g/mol. The average molecular weight is 291 g/mol. The highest BCUT2D eigenvalue weighted by Gasteiger charge is 2.16. The molecule has 2 heterocycles. The molecule has 0 aromatic carbocycles. The zero-order chi connectivity index (χ0) is 15.3. The molecule has 4 nitrogen and oxygen atoms in total. The lowest BCUT2D eigenvalue weighted by molar-refractivity contribution is 0.0215. The molecule has 1 aliphatic rings. The van der Waals surface area contributed by atoms with E-state index in [9.17, 15) is 0 Å². The van der Waals surface area contributed by atoms with Crippen molar-refractivity contribution >= 4 is 5.82 Å². The summed E-state index contributed by atoms with van der Waals surface area (Å²) in [5.74, 6) is 1.02. The molecule has 1 atom stereocenters. The van der Waals surface area contributed by atoms with Crippen LogP contribution in [0.15, 0.2) is 18.3 Å². The maximum absolute atomic E-state index is 5.79. The molecule has 0 saturated carbocycles. The van der Waals surface area contributed by atoms with Crippen LogP contribution in [-0.4, -0.2) is 36.8 Å². The van der Waals surface area contributed by atoms with Gasteiger partial charge in [0.15, 0.2) is 0 Å². The Kier molecular flexibility index (Phi) is 5.59. The van der Waals surface area contributed by atoms with Crippen molar-refractivity contribution in [3.63, 3.8) is 0 Å². The zero-order valence-corrected chi connectivity index (χ0v) is 13.9. The van der Waals surface area contributed by atoms with Crippen LogP contribution in [0.5, 0.6) is 0 Å². The van der Waals surface area contributed by atoms with Crippen LogP contribution in [0.1, 0.15) is 45.6 Å². The zero-order valence-electron chi connectivity index (χ0n) is 13.9. The van der Waals surface area contributed by atoms with Crippen LogP contribution in [0, 0.1) is 0 Å². The van der Waals surface area contributed by atoms with Gasteiger partial charge in [-0.3, -0.25) is 0 Å². The number of rotatable bonds is 5. The number of anilines is 1. The monoisotopic (exact) mass is 291 g/mol. The van der Waals surface area contributed by atoms with Gasteiger partial charge in [0.2, 0.25) is 0 Å². The smallest absolute Gasteiger partial charge is 0.128 e. The summed E-state index contributed by atoms with van der Waals surface area (Å²) in [5.41, 5.74) is 1.35. The lowest BCUT2D eigenvalue weighted by atomic mass is 10.1. The molecule has 1 unspecified atom stereocenters. The standard InChI is InChI=1S/C17H29N3O/c1-17(2,3)19-12-14-8-9-16(18-11-14)20(4)13-15-7-5-6-10-21-15/h8-9,11,15,19H,5-7,10,12-13H2,1-4H3. The van der Waals surface area contributed by atoms with Gasteiger partial charge in [0.25, 0.3) is 0 Å². The minimum Gasteiger partial charge on any atom is -0.376 e. The molecule has 1 N–H and O–H groups in total. The Balaban J connectivity index is 1.85. The Labute approximate surface area is 128 Å². The highest BCUT2D eigenvalue weighted by molar-refractivity contribution is 5.38. The van der Waals surface area contributed by atoms with Gasteiger partial charge in [0.1, 0.15) is 5.82 Å². The van der Waals surface area contributed by atoms with Crippen molar-refractivity contribution in [1.29, 1.82) is 0 Å². The van der Waals surface area contributed by atoms with E-state index in [1.807, 2.05) is 6.20 Å².